The molecule has 1 aromatic carbocycles. The molecule has 0 saturated heterocycles. The maximum atomic E-state index is 12.0. The Morgan fingerprint density at radius 2 is 2.17 bits per heavy atom. The van der Waals surface area contributed by atoms with E-state index in [2.05, 4.69) is 20.8 Å². The van der Waals surface area contributed by atoms with Crippen LogP contribution in [0.2, 0.25) is 0 Å². The summed E-state index contributed by atoms with van der Waals surface area (Å²) in [6.07, 6.45) is 2.03. The molecule has 0 spiro atoms. The molecule has 0 aliphatic rings. The third-order valence-corrected chi connectivity index (χ3v) is 2.61. The molecular weight excluding hydrogens is 230 g/mol. The molecule has 0 aliphatic carbocycles. The molecule has 1 unspecified atom stereocenters. The highest BCUT2D eigenvalue weighted by Gasteiger charge is 2.21. The smallest absolute Gasteiger partial charge is 0.245 e. The minimum absolute atomic E-state index is 0.0753. The summed E-state index contributed by atoms with van der Waals surface area (Å²) in [5.41, 5.74) is 1.07. The summed E-state index contributed by atoms with van der Waals surface area (Å²) < 4.78 is 1.48. The summed E-state index contributed by atoms with van der Waals surface area (Å²) in [5.74, 6) is -0.0753. The molecule has 1 aromatic heterocycles. The van der Waals surface area contributed by atoms with Crippen LogP contribution in [0.25, 0.3) is 0 Å². The first-order valence-electron chi connectivity index (χ1n) is 5.85. The van der Waals surface area contributed by atoms with Crippen LogP contribution in [0, 0.1) is 0 Å². The number of hydrogen-bond donors (Lipinski definition) is 1. The molecule has 0 bridgehead atoms. The number of nitrogens with zero attached hydrogens (tertiary/aromatic N) is 4. The van der Waals surface area contributed by atoms with Gasteiger partial charge >= 0.3 is 0 Å². The predicted octanol–water partition coefficient (Wildman–Crippen LogP) is 0.593. The number of benzene rings is 1. The zero-order chi connectivity index (χ0) is 12.8. The summed E-state index contributed by atoms with van der Waals surface area (Å²) in [7, 11) is 0. The monoisotopic (exact) mass is 245 g/mol. The molecule has 6 nitrogen and oxygen atoms in total. The summed E-state index contributed by atoms with van der Waals surface area (Å²) >= 11 is 0. The van der Waals surface area contributed by atoms with Crippen molar-refractivity contribution in [2.24, 2.45) is 0 Å². The Bertz CT molecular complexity index is 482. The molecule has 6 heteroatoms. The second kappa shape index (κ2) is 5.90. The largest absolute Gasteiger partial charge is 0.355 e. The van der Waals surface area contributed by atoms with E-state index < -0.39 is 6.04 Å². The lowest BCUT2D eigenvalue weighted by Crippen LogP contribution is -2.34. The topological polar surface area (TPSA) is 72.7 Å². The third-order valence-electron chi connectivity index (χ3n) is 2.61. The molecule has 0 aliphatic heterocycles. The lowest BCUT2D eigenvalue weighted by atomic mass is 10.1. The Morgan fingerprint density at radius 3 is 2.78 bits per heavy atom. The molecule has 2 rings (SSSR count). The van der Waals surface area contributed by atoms with Crippen LogP contribution < -0.4 is 5.32 Å². The molecule has 1 heterocycles. The maximum Gasteiger partial charge on any atom is 0.245 e. The van der Waals surface area contributed by atoms with Crippen LogP contribution in [0.15, 0.2) is 36.7 Å². The molecule has 0 fully saturated rings. The van der Waals surface area contributed by atoms with E-state index in [1.807, 2.05) is 37.3 Å². The summed E-state index contributed by atoms with van der Waals surface area (Å²) in [6, 6.07) is 9.39. The lowest BCUT2D eigenvalue weighted by molar-refractivity contribution is -0.124. The van der Waals surface area contributed by atoms with Gasteiger partial charge in [-0.05, 0) is 22.9 Å². The zero-order valence-corrected chi connectivity index (χ0v) is 10.2. The third kappa shape index (κ3) is 2.91. The second-order valence-corrected chi connectivity index (χ2v) is 3.89. The molecule has 0 saturated carbocycles. The van der Waals surface area contributed by atoms with Crippen molar-refractivity contribution in [3.63, 3.8) is 0 Å². The van der Waals surface area contributed by atoms with Gasteiger partial charge in [0, 0.05) is 13.0 Å². The molecule has 0 radical (unpaired) electrons. The highest BCUT2D eigenvalue weighted by molar-refractivity contribution is 5.80. The van der Waals surface area contributed by atoms with E-state index in [4.69, 9.17) is 0 Å². The van der Waals surface area contributed by atoms with Gasteiger partial charge in [0.2, 0.25) is 5.91 Å². The summed E-state index contributed by atoms with van der Waals surface area (Å²) in [5, 5.41) is 13.8. The van der Waals surface area contributed by atoms with E-state index >= 15 is 0 Å². The van der Waals surface area contributed by atoms with Gasteiger partial charge in [-0.2, -0.15) is 0 Å². The van der Waals surface area contributed by atoms with E-state index in [0.717, 1.165) is 5.56 Å². The summed E-state index contributed by atoms with van der Waals surface area (Å²) in [4.78, 5) is 12.0. The fraction of sp³-hybridized carbons (Fsp3) is 0.333. The Balaban J connectivity index is 2.18. The lowest BCUT2D eigenvalue weighted by Gasteiger charge is -2.15. The van der Waals surface area contributed by atoms with Crippen molar-refractivity contribution in [3.8, 4) is 0 Å². The Hall–Kier alpha value is -2.24. The van der Waals surface area contributed by atoms with Crippen molar-refractivity contribution in [1.29, 1.82) is 0 Å². The highest BCUT2D eigenvalue weighted by Crippen LogP contribution is 2.12. The van der Waals surface area contributed by atoms with E-state index in [1.54, 1.807) is 0 Å². The molecule has 1 amide bonds. The van der Waals surface area contributed by atoms with Crippen molar-refractivity contribution in [2.75, 3.05) is 6.54 Å². The Morgan fingerprint density at radius 1 is 1.39 bits per heavy atom. The number of carbonyl (C=O) groups is 1. The number of carbonyl (C=O) groups excluding carboxylic acids is 1. The van der Waals surface area contributed by atoms with Crippen LogP contribution >= 0.6 is 0 Å². The van der Waals surface area contributed by atoms with Gasteiger partial charge in [0.1, 0.15) is 12.4 Å². The fourth-order valence-electron chi connectivity index (χ4n) is 1.75. The number of amides is 1. The number of hydrogen-bond acceptors (Lipinski definition) is 4. The highest BCUT2D eigenvalue weighted by atomic mass is 16.2. The van der Waals surface area contributed by atoms with E-state index in [9.17, 15) is 4.79 Å². The fourth-order valence-corrected chi connectivity index (χ4v) is 1.75. The first-order chi connectivity index (χ1) is 8.81. The number of rotatable bonds is 5. The van der Waals surface area contributed by atoms with Gasteiger partial charge in [-0.25, -0.2) is 4.68 Å². The average molecular weight is 245 g/mol. The number of likely N-dealkylation sites (N-methyl/N-ethyl adjacent to an activating group) is 1. The van der Waals surface area contributed by atoms with Crippen molar-refractivity contribution in [2.45, 2.75) is 19.4 Å². The van der Waals surface area contributed by atoms with Gasteiger partial charge in [-0.15, -0.1) is 5.10 Å². The molecule has 1 N–H and O–H groups in total. The average Bonchev–Trinajstić information content (AvgIpc) is 2.91. The van der Waals surface area contributed by atoms with Gasteiger partial charge < -0.3 is 5.32 Å². The van der Waals surface area contributed by atoms with Crippen LogP contribution in [-0.4, -0.2) is 32.7 Å². The van der Waals surface area contributed by atoms with Gasteiger partial charge in [-0.1, -0.05) is 30.3 Å². The van der Waals surface area contributed by atoms with E-state index in [0.29, 0.717) is 13.0 Å². The van der Waals surface area contributed by atoms with Gasteiger partial charge in [0.25, 0.3) is 0 Å². The van der Waals surface area contributed by atoms with Gasteiger partial charge in [-0.3, -0.25) is 4.79 Å². The minimum atomic E-state index is -0.414. The van der Waals surface area contributed by atoms with Crippen molar-refractivity contribution < 1.29 is 4.79 Å². The number of tetrazole rings is 1. The standard InChI is InChI=1S/C12H15N5O/c1-2-13-12(18)11(17-9-14-15-16-17)8-10-6-4-3-5-7-10/h3-7,9,11H,2,8H2,1H3,(H,13,18). The SMILES string of the molecule is CCNC(=O)C(Cc1ccccc1)n1cnnn1. The van der Waals surface area contributed by atoms with Crippen LogP contribution in [0.3, 0.4) is 0 Å². The predicted molar refractivity (Wildman–Crippen MR) is 65.7 cm³/mol. The van der Waals surface area contributed by atoms with Crippen LogP contribution in [0.4, 0.5) is 0 Å². The van der Waals surface area contributed by atoms with Crippen molar-refractivity contribution >= 4 is 5.91 Å². The van der Waals surface area contributed by atoms with E-state index in [1.165, 1.54) is 11.0 Å². The molecular formula is C12H15N5O. The molecule has 1 atom stereocenters. The maximum absolute atomic E-state index is 12.0. The van der Waals surface area contributed by atoms with Crippen LogP contribution in [0.5, 0.6) is 0 Å². The zero-order valence-electron chi connectivity index (χ0n) is 10.2. The van der Waals surface area contributed by atoms with Gasteiger partial charge in [0.15, 0.2) is 0 Å². The van der Waals surface area contributed by atoms with Crippen LogP contribution in [0.1, 0.15) is 18.5 Å². The Labute approximate surface area is 105 Å². The first-order valence-corrected chi connectivity index (χ1v) is 5.85. The molecule has 2 aromatic rings. The normalized spacial score (nSPS) is 12.1. The quantitative estimate of drug-likeness (QED) is 0.837. The van der Waals surface area contributed by atoms with Crippen molar-refractivity contribution in [1.82, 2.24) is 25.5 Å². The van der Waals surface area contributed by atoms with Crippen LogP contribution in [-0.2, 0) is 11.2 Å². The van der Waals surface area contributed by atoms with E-state index in [-0.39, 0.29) is 5.91 Å². The minimum Gasteiger partial charge on any atom is -0.355 e. The summed E-state index contributed by atoms with van der Waals surface area (Å²) in [6.45, 7) is 2.48. The second-order valence-electron chi connectivity index (χ2n) is 3.89. The molecule has 94 valence electrons. The first kappa shape index (κ1) is 12.2. The van der Waals surface area contributed by atoms with Crippen molar-refractivity contribution in [3.05, 3.63) is 42.2 Å². The molecule has 18 heavy (non-hydrogen) atoms. The Kier molecular flexibility index (Phi) is 4.01. The number of aromatic nitrogens is 4. The van der Waals surface area contributed by atoms with Gasteiger partial charge in [0.05, 0.1) is 0 Å². The number of nitrogens with one attached hydrogen (secondary N) is 1.